The molecule has 7 nitrogen and oxygen atoms in total. The van der Waals surface area contributed by atoms with Crippen LogP contribution in [0.1, 0.15) is 23.2 Å². The van der Waals surface area contributed by atoms with E-state index in [0.29, 0.717) is 23.7 Å². The van der Waals surface area contributed by atoms with Crippen LogP contribution >= 0.6 is 15.9 Å². The van der Waals surface area contributed by atoms with Crippen LogP contribution in [-0.4, -0.2) is 40.4 Å². The summed E-state index contributed by atoms with van der Waals surface area (Å²) in [5.74, 6) is 1.12. The molecule has 0 radical (unpaired) electrons. The molecule has 3 aromatic rings. The molecular weight excluding hydrogens is 424 g/mol. The fourth-order valence-electron chi connectivity index (χ4n) is 2.95. The molecule has 0 spiro atoms. The molecule has 1 saturated heterocycles. The third-order valence-electron chi connectivity index (χ3n) is 4.36. The molecule has 2 N–H and O–H groups in total. The molecule has 8 heteroatoms. The number of anilines is 1. The Morgan fingerprint density at radius 3 is 3.00 bits per heavy atom. The Balaban J connectivity index is 1.40. The summed E-state index contributed by atoms with van der Waals surface area (Å²) in [6.45, 7) is 1.27. The maximum absolute atomic E-state index is 12.5. The van der Waals surface area contributed by atoms with Crippen molar-refractivity contribution in [1.82, 2.24) is 15.2 Å². The van der Waals surface area contributed by atoms with Crippen molar-refractivity contribution >= 4 is 27.8 Å². The Morgan fingerprint density at radius 2 is 2.18 bits per heavy atom. The van der Waals surface area contributed by atoms with Crippen molar-refractivity contribution in [3.8, 4) is 17.1 Å². The number of aromatic amines is 1. The van der Waals surface area contributed by atoms with Gasteiger partial charge in [-0.1, -0.05) is 34.1 Å². The second kappa shape index (κ2) is 8.53. The number of halogens is 1. The zero-order valence-electron chi connectivity index (χ0n) is 15.0. The molecule has 1 aliphatic heterocycles. The summed E-state index contributed by atoms with van der Waals surface area (Å²) in [7, 11) is 0. The molecule has 0 unspecified atom stereocenters. The van der Waals surface area contributed by atoms with Crippen molar-refractivity contribution < 1.29 is 14.3 Å². The number of benzene rings is 2. The minimum atomic E-state index is -0.303. The van der Waals surface area contributed by atoms with Crippen molar-refractivity contribution in [3.63, 3.8) is 0 Å². The van der Waals surface area contributed by atoms with E-state index in [1.165, 1.54) is 0 Å². The average Bonchev–Trinajstić information content (AvgIpc) is 3.39. The standard InChI is InChI=1S/C20H19BrN4O3/c21-15-6-1-4-13(10-15)18-22-20(25-24-18)23-19(26)14-5-2-7-16(11-14)28-12-17-8-3-9-27-17/h1-2,4-7,10-11,17H,3,8-9,12H2,(H2,22,23,24,25,26)/t17-/m0/s1. The number of nitrogens with zero attached hydrogens (tertiary/aromatic N) is 2. The van der Waals surface area contributed by atoms with E-state index in [1.54, 1.807) is 18.2 Å². The number of aromatic nitrogens is 3. The normalized spacial score (nSPS) is 16.1. The van der Waals surface area contributed by atoms with Crippen LogP contribution in [0.15, 0.2) is 53.0 Å². The lowest BCUT2D eigenvalue weighted by atomic mass is 10.2. The smallest absolute Gasteiger partial charge is 0.258 e. The third kappa shape index (κ3) is 4.58. The first-order valence-electron chi connectivity index (χ1n) is 9.01. The maximum atomic E-state index is 12.5. The molecular formula is C20H19BrN4O3. The van der Waals surface area contributed by atoms with E-state index in [0.717, 1.165) is 29.5 Å². The lowest BCUT2D eigenvalue weighted by Gasteiger charge is -2.12. The van der Waals surface area contributed by atoms with Crippen LogP contribution in [0, 0.1) is 0 Å². The van der Waals surface area contributed by atoms with E-state index in [9.17, 15) is 4.79 Å². The summed E-state index contributed by atoms with van der Waals surface area (Å²) >= 11 is 3.43. The fraction of sp³-hybridized carbons (Fsp3) is 0.250. The molecule has 2 heterocycles. The predicted octanol–water partition coefficient (Wildman–Crippen LogP) is 4.04. The van der Waals surface area contributed by atoms with Gasteiger partial charge in [0.1, 0.15) is 12.4 Å². The van der Waals surface area contributed by atoms with Crippen LogP contribution in [0.5, 0.6) is 5.75 Å². The molecule has 1 amide bonds. The SMILES string of the molecule is O=C(Nc1n[nH]c(-c2cccc(Br)c2)n1)c1cccc(OC[C@@H]2CCCO2)c1. The molecule has 28 heavy (non-hydrogen) atoms. The van der Waals surface area contributed by atoms with E-state index >= 15 is 0 Å². The second-order valence-corrected chi connectivity index (χ2v) is 7.36. The van der Waals surface area contributed by atoms with Crippen LogP contribution in [-0.2, 0) is 4.74 Å². The van der Waals surface area contributed by atoms with Gasteiger partial charge in [-0.3, -0.25) is 15.2 Å². The van der Waals surface area contributed by atoms with Crippen molar-refractivity contribution in [1.29, 1.82) is 0 Å². The number of ether oxygens (including phenoxy) is 2. The minimum Gasteiger partial charge on any atom is -0.491 e. The molecule has 1 aromatic heterocycles. The van der Waals surface area contributed by atoms with E-state index in [-0.39, 0.29) is 18.0 Å². The monoisotopic (exact) mass is 442 g/mol. The van der Waals surface area contributed by atoms with Gasteiger partial charge in [-0.15, -0.1) is 5.10 Å². The summed E-state index contributed by atoms with van der Waals surface area (Å²) in [5.41, 5.74) is 1.34. The topological polar surface area (TPSA) is 89.1 Å². The first-order chi connectivity index (χ1) is 13.7. The number of carbonyl (C=O) groups is 1. The van der Waals surface area contributed by atoms with E-state index < -0.39 is 0 Å². The van der Waals surface area contributed by atoms with Gasteiger partial charge in [0.25, 0.3) is 5.91 Å². The van der Waals surface area contributed by atoms with Gasteiger partial charge in [-0.25, -0.2) is 0 Å². The lowest BCUT2D eigenvalue weighted by molar-refractivity contribution is 0.0679. The number of nitrogens with one attached hydrogen (secondary N) is 2. The van der Waals surface area contributed by atoms with Crippen LogP contribution in [0.4, 0.5) is 5.95 Å². The molecule has 1 aliphatic rings. The Labute approximate surface area is 170 Å². The molecule has 2 aromatic carbocycles. The van der Waals surface area contributed by atoms with Gasteiger partial charge in [-0.05, 0) is 43.2 Å². The second-order valence-electron chi connectivity index (χ2n) is 6.45. The van der Waals surface area contributed by atoms with Crippen LogP contribution in [0.2, 0.25) is 0 Å². The first-order valence-corrected chi connectivity index (χ1v) is 9.81. The molecule has 0 saturated carbocycles. The summed E-state index contributed by atoms with van der Waals surface area (Å²) < 4.78 is 12.2. The molecule has 4 rings (SSSR count). The Kier molecular flexibility index (Phi) is 5.68. The highest BCUT2D eigenvalue weighted by Crippen LogP contribution is 2.21. The van der Waals surface area contributed by atoms with Gasteiger partial charge in [0.05, 0.1) is 6.10 Å². The average molecular weight is 443 g/mol. The number of hydrogen-bond donors (Lipinski definition) is 2. The zero-order chi connectivity index (χ0) is 19.3. The molecule has 0 aliphatic carbocycles. The van der Waals surface area contributed by atoms with Gasteiger partial charge in [0.15, 0.2) is 5.82 Å². The van der Waals surface area contributed by atoms with Crippen LogP contribution in [0.3, 0.4) is 0 Å². The minimum absolute atomic E-state index is 0.127. The number of rotatable bonds is 6. The molecule has 144 valence electrons. The quantitative estimate of drug-likeness (QED) is 0.600. The number of carbonyl (C=O) groups excluding carboxylic acids is 1. The van der Waals surface area contributed by atoms with E-state index in [2.05, 4.69) is 36.4 Å². The summed E-state index contributed by atoms with van der Waals surface area (Å²) in [6, 6.07) is 14.7. The summed E-state index contributed by atoms with van der Waals surface area (Å²) in [6.07, 6.45) is 2.20. The molecule has 0 bridgehead atoms. The van der Waals surface area contributed by atoms with E-state index in [1.807, 2.05) is 30.3 Å². The fourth-order valence-corrected chi connectivity index (χ4v) is 3.35. The number of amides is 1. The first kappa shape index (κ1) is 18.6. The summed E-state index contributed by atoms with van der Waals surface area (Å²) in [4.78, 5) is 16.9. The van der Waals surface area contributed by atoms with Crippen LogP contribution < -0.4 is 10.1 Å². The van der Waals surface area contributed by atoms with Gasteiger partial charge in [0, 0.05) is 22.2 Å². The summed E-state index contributed by atoms with van der Waals surface area (Å²) in [5, 5.41) is 9.60. The van der Waals surface area contributed by atoms with Gasteiger partial charge >= 0.3 is 0 Å². The molecule has 1 fully saturated rings. The maximum Gasteiger partial charge on any atom is 0.258 e. The zero-order valence-corrected chi connectivity index (χ0v) is 16.6. The number of H-pyrrole nitrogens is 1. The Bertz CT molecular complexity index is 969. The van der Waals surface area contributed by atoms with Crippen molar-refractivity contribution in [2.75, 3.05) is 18.5 Å². The van der Waals surface area contributed by atoms with Crippen molar-refractivity contribution in [3.05, 3.63) is 58.6 Å². The van der Waals surface area contributed by atoms with Gasteiger partial charge < -0.3 is 9.47 Å². The Morgan fingerprint density at radius 1 is 1.29 bits per heavy atom. The third-order valence-corrected chi connectivity index (χ3v) is 4.86. The van der Waals surface area contributed by atoms with Crippen molar-refractivity contribution in [2.45, 2.75) is 18.9 Å². The lowest BCUT2D eigenvalue weighted by Crippen LogP contribution is -2.17. The Hall–Kier alpha value is -2.71. The number of hydrogen-bond acceptors (Lipinski definition) is 5. The predicted molar refractivity (Wildman–Crippen MR) is 108 cm³/mol. The molecule has 1 atom stereocenters. The van der Waals surface area contributed by atoms with Crippen molar-refractivity contribution in [2.24, 2.45) is 0 Å². The highest BCUT2D eigenvalue weighted by molar-refractivity contribution is 9.10. The largest absolute Gasteiger partial charge is 0.491 e. The van der Waals surface area contributed by atoms with E-state index in [4.69, 9.17) is 9.47 Å². The highest BCUT2D eigenvalue weighted by atomic mass is 79.9. The van der Waals surface area contributed by atoms with Gasteiger partial charge in [0.2, 0.25) is 5.95 Å². The van der Waals surface area contributed by atoms with Gasteiger partial charge in [-0.2, -0.15) is 4.98 Å². The van der Waals surface area contributed by atoms with Crippen LogP contribution in [0.25, 0.3) is 11.4 Å². The highest BCUT2D eigenvalue weighted by Gasteiger charge is 2.17.